The maximum absolute atomic E-state index is 15.0. The smallest absolute Gasteiger partial charge is 0.269 e. The Morgan fingerprint density at radius 1 is 1.19 bits per heavy atom. The average Bonchev–Trinajstić information content (AvgIpc) is 3.04. The number of aromatic amines is 1. The molecule has 0 spiro atoms. The number of benzene rings is 2. The number of hydrogen-bond donors (Lipinski definition) is 3. The number of aromatic nitrogens is 1. The van der Waals surface area contributed by atoms with Crippen LogP contribution in [0.2, 0.25) is 5.02 Å². The van der Waals surface area contributed by atoms with E-state index in [4.69, 9.17) is 17.3 Å². The van der Waals surface area contributed by atoms with Crippen LogP contribution in [0, 0.1) is 19.7 Å². The molecule has 0 fully saturated rings. The summed E-state index contributed by atoms with van der Waals surface area (Å²) in [4.78, 5) is 26.1. The van der Waals surface area contributed by atoms with Crippen molar-refractivity contribution in [2.45, 2.75) is 43.0 Å². The van der Waals surface area contributed by atoms with Gasteiger partial charge in [0.25, 0.3) is 5.91 Å². The van der Waals surface area contributed by atoms with Gasteiger partial charge in [0.2, 0.25) is 15.7 Å². The largest absolute Gasteiger partial charge is 0.370 e. The molecule has 7 nitrogen and oxygen atoms in total. The molecule has 1 unspecified atom stereocenters. The molecular formula is C21H21ClFN3O4S. The molecule has 0 saturated heterocycles. The number of aryl methyl sites for hydroxylation is 2. The molecule has 0 aliphatic rings. The zero-order chi connectivity index (χ0) is 23.1. The van der Waals surface area contributed by atoms with Gasteiger partial charge >= 0.3 is 0 Å². The van der Waals surface area contributed by atoms with Crippen molar-refractivity contribution in [2.24, 2.45) is 5.73 Å². The number of nitrogens with two attached hydrogens (primary N) is 1. The van der Waals surface area contributed by atoms with Gasteiger partial charge in [0, 0.05) is 12.5 Å². The molecule has 164 valence electrons. The Kier molecular flexibility index (Phi) is 6.11. The summed E-state index contributed by atoms with van der Waals surface area (Å²) in [6, 6.07) is 6.68. The van der Waals surface area contributed by atoms with E-state index in [1.54, 1.807) is 26.8 Å². The van der Waals surface area contributed by atoms with E-state index in [1.165, 1.54) is 24.3 Å². The van der Waals surface area contributed by atoms with Crippen molar-refractivity contribution >= 4 is 44.2 Å². The summed E-state index contributed by atoms with van der Waals surface area (Å²) in [5.41, 5.74) is 6.28. The van der Waals surface area contributed by atoms with Crippen LogP contribution in [0.15, 0.2) is 40.1 Å². The van der Waals surface area contributed by atoms with Crippen molar-refractivity contribution in [1.29, 1.82) is 0 Å². The number of H-pyrrole nitrogens is 1. The molecule has 1 aromatic heterocycles. The number of sulfone groups is 1. The summed E-state index contributed by atoms with van der Waals surface area (Å²) < 4.78 is 42.1. The van der Waals surface area contributed by atoms with E-state index in [-0.39, 0.29) is 32.9 Å². The molecule has 4 N–H and O–H groups in total. The Hall–Kier alpha value is -2.91. The molecule has 0 radical (unpaired) electrons. The van der Waals surface area contributed by atoms with E-state index in [0.717, 1.165) is 0 Å². The lowest BCUT2D eigenvalue weighted by Crippen LogP contribution is -2.36. The fraction of sp³-hybridized carbons (Fsp3) is 0.238. The number of carbonyl (C=O) groups is 2. The van der Waals surface area contributed by atoms with Crippen LogP contribution in [0.1, 0.15) is 35.0 Å². The molecule has 3 rings (SSSR count). The Bertz CT molecular complexity index is 1300. The van der Waals surface area contributed by atoms with E-state index in [9.17, 15) is 22.4 Å². The molecule has 3 aromatic rings. The van der Waals surface area contributed by atoms with Crippen molar-refractivity contribution in [3.05, 3.63) is 58.0 Å². The number of amides is 2. The molecule has 1 atom stereocenters. The number of nitrogens with one attached hydrogen (secondary N) is 2. The third kappa shape index (κ3) is 4.42. The van der Waals surface area contributed by atoms with Gasteiger partial charge in [0.05, 0.1) is 20.8 Å². The SMILES string of the molecule is Cc1cc(C)cc(S(=O)(=O)c2c(C(=O)NC(C)CC(N)=O)[nH]c3ccc(Cl)c(F)c23)c1. The minimum absolute atomic E-state index is 0.0792. The number of primary amides is 1. The Morgan fingerprint density at radius 3 is 2.39 bits per heavy atom. The third-order valence-electron chi connectivity index (χ3n) is 4.69. The summed E-state index contributed by atoms with van der Waals surface area (Å²) in [7, 11) is -4.32. The van der Waals surface area contributed by atoms with Gasteiger partial charge in [0.1, 0.15) is 10.6 Å². The van der Waals surface area contributed by atoms with Gasteiger partial charge in [-0.3, -0.25) is 9.59 Å². The van der Waals surface area contributed by atoms with Crippen molar-refractivity contribution in [3.63, 3.8) is 0 Å². The lowest BCUT2D eigenvalue weighted by atomic mass is 10.2. The van der Waals surface area contributed by atoms with Crippen LogP contribution in [-0.2, 0) is 14.6 Å². The van der Waals surface area contributed by atoms with Crippen LogP contribution in [0.5, 0.6) is 0 Å². The maximum atomic E-state index is 15.0. The normalized spacial score (nSPS) is 12.7. The first-order valence-corrected chi connectivity index (χ1v) is 11.2. The molecule has 0 bridgehead atoms. The van der Waals surface area contributed by atoms with Crippen LogP contribution in [0.3, 0.4) is 0 Å². The van der Waals surface area contributed by atoms with E-state index < -0.39 is 38.4 Å². The molecule has 1 heterocycles. The van der Waals surface area contributed by atoms with Crippen LogP contribution < -0.4 is 11.1 Å². The van der Waals surface area contributed by atoms with Crippen molar-refractivity contribution in [1.82, 2.24) is 10.3 Å². The zero-order valence-electron chi connectivity index (χ0n) is 17.0. The van der Waals surface area contributed by atoms with E-state index in [0.29, 0.717) is 11.1 Å². The molecule has 0 aliphatic heterocycles. The molecule has 0 aliphatic carbocycles. The number of rotatable bonds is 6. The molecule has 2 aromatic carbocycles. The first-order valence-electron chi connectivity index (χ1n) is 9.34. The minimum Gasteiger partial charge on any atom is -0.370 e. The molecular weight excluding hydrogens is 445 g/mol. The second-order valence-corrected chi connectivity index (χ2v) is 9.78. The van der Waals surface area contributed by atoms with Crippen LogP contribution in [0.4, 0.5) is 4.39 Å². The highest BCUT2D eigenvalue weighted by atomic mass is 35.5. The predicted octanol–water partition coefficient (Wildman–Crippen LogP) is 3.40. The Balaban J connectivity index is 2.27. The second-order valence-electron chi connectivity index (χ2n) is 7.48. The highest BCUT2D eigenvalue weighted by Crippen LogP contribution is 2.36. The summed E-state index contributed by atoms with van der Waals surface area (Å²) in [6.07, 6.45) is -0.148. The first-order chi connectivity index (χ1) is 14.4. The van der Waals surface area contributed by atoms with Gasteiger partial charge in [0.15, 0.2) is 5.82 Å². The van der Waals surface area contributed by atoms with Crippen LogP contribution in [0.25, 0.3) is 10.9 Å². The van der Waals surface area contributed by atoms with E-state index in [2.05, 4.69) is 10.3 Å². The average molecular weight is 466 g/mol. The lowest BCUT2D eigenvalue weighted by Gasteiger charge is -2.13. The summed E-state index contributed by atoms with van der Waals surface area (Å²) in [6.45, 7) is 5.01. The molecule has 0 saturated carbocycles. The fourth-order valence-corrected chi connectivity index (χ4v) is 5.43. The summed E-state index contributed by atoms with van der Waals surface area (Å²) in [5, 5.41) is 1.93. The number of carbonyl (C=O) groups excluding carboxylic acids is 2. The van der Waals surface area contributed by atoms with Gasteiger partial charge in [-0.2, -0.15) is 0 Å². The zero-order valence-corrected chi connectivity index (χ0v) is 18.6. The monoisotopic (exact) mass is 465 g/mol. The number of halogens is 2. The van der Waals surface area contributed by atoms with Crippen LogP contribution in [-0.4, -0.2) is 31.3 Å². The maximum Gasteiger partial charge on any atom is 0.269 e. The van der Waals surface area contributed by atoms with Gasteiger partial charge in [-0.05, 0) is 56.2 Å². The number of fused-ring (bicyclic) bond motifs is 1. The fourth-order valence-electron chi connectivity index (χ4n) is 3.48. The van der Waals surface area contributed by atoms with Crippen molar-refractivity contribution in [2.75, 3.05) is 0 Å². The van der Waals surface area contributed by atoms with Gasteiger partial charge in [-0.15, -0.1) is 0 Å². The van der Waals surface area contributed by atoms with Crippen molar-refractivity contribution in [3.8, 4) is 0 Å². The summed E-state index contributed by atoms with van der Waals surface area (Å²) >= 11 is 5.90. The highest BCUT2D eigenvalue weighted by Gasteiger charge is 2.32. The Labute approximate surface area is 183 Å². The first kappa shape index (κ1) is 22.8. The second kappa shape index (κ2) is 8.32. The number of hydrogen-bond acceptors (Lipinski definition) is 4. The lowest BCUT2D eigenvalue weighted by molar-refractivity contribution is -0.118. The topological polar surface area (TPSA) is 122 Å². The van der Waals surface area contributed by atoms with Gasteiger partial charge in [-0.25, -0.2) is 12.8 Å². The molecule has 31 heavy (non-hydrogen) atoms. The third-order valence-corrected chi connectivity index (χ3v) is 6.79. The van der Waals surface area contributed by atoms with Gasteiger partial charge < -0.3 is 16.0 Å². The predicted molar refractivity (Wildman–Crippen MR) is 115 cm³/mol. The Morgan fingerprint density at radius 2 is 1.81 bits per heavy atom. The molecule has 10 heteroatoms. The quantitative estimate of drug-likeness (QED) is 0.516. The minimum atomic E-state index is -4.32. The standard InChI is InChI=1S/C21H21ClFN3O4S/c1-10-6-11(2)8-13(7-10)31(29,30)20-17-15(5-4-14(22)18(17)23)26-19(20)21(28)25-12(3)9-16(24)27/h4-8,12,26H,9H2,1-3H3,(H2,24,27)(H,25,28). The van der Waals surface area contributed by atoms with E-state index in [1.807, 2.05) is 0 Å². The summed E-state index contributed by atoms with van der Waals surface area (Å²) in [5.74, 6) is -2.41. The highest BCUT2D eigenvalue weighted by molar-refractivity contribution is 7.91. The van der Waals surface area contributed by atoms with E-state index >= 15 is 0 Å². The van der Waals surface area contributed by atoms with Gasteiger partial charge in [-0.1, -0.05) is 17.7 Å². The van der Waals surface area contributed by atoms with Crippen molar-refractivity contribution < 1.29 is 22.4 Å². The van der Waals surface area contributed by atoms with Crippen LogP contribution >= 0.6 is 11.6 Å². The molecule has 2 amide bonds.